The first-order valence-corrected chi connectivity index (χ1v) is 21.8. The maximum absolute atomic E-state index is 6.54. The summed E-state index contributed by atoms with van der Waals surface area (Å²) in [5.74, 6) is 0. The Bertz CT molecular complexity index is 3540. The zero-order valence-electron chi connectivity index (χ0n) is 35.2. The molecule has 1 aliphatic carbocycles. The minimum atomic E-state index is -0.169. The normalized spacial score (nSPS) is 12.7. The highest BCUT2D eigenvalue weighted by Gasteiger charge is 2.36. The van der Waals surface area contributed by atoms with Crippen LogP contribution in [0.15, 0.2) is 229 Å². The number of fused-ring (bicyclic) bond motifs is 7. The summed E-state index contributed by atoms with van der Waals surface area (Å²) < 4.78 is 6.54. The SMILES string of the molecule is CC1(C)c2ccccc2-c2ccc(-c3c(-c4ccc5c(c4)oc4ccccc45)cccc3N(c3cccc(-c4ccccc4)c3)c3ccc(-c4ccccc4)c4ccccc34)cc21. The Kier molecular flexibility index (Phi) is 8.55. The third kappa shape index (κ3) is 6.02. The molecule has 2 nitrogen and oxygen atoms in total. The van der Waals surface area contributed by atoms with Crippen molar-refractivity contribution in [3.63, 3.8) is 0 Å². The van der Waals surface area contributed by atoms with E-state index in [1.807, 2.05) is 6.07 Å². The lowest BCUT2D eigenvalue weighted by Gasteiger charge is -2.31. The van der Waals surface area contributed by atoms with Crippen molar-refractivity contribution in [1.29, 1.82) is 0 Å². The molecule has 0 atom stereocenters. The molecule has 0 N–H and O–H groups in total. The summed E-state index contributed by atoms with van der Waals surface area (Å²) in [6.07, 6.45) is 0. The van der Waals surface area contributed by atoms with Gasteiger partial charge in [0.05, 0.1) is 11.4 Å². The highest BCUT2D eigenvalue weighted by molar-refractivity contribution is 6.10. The molecule has 63 heavy (non-hydrogen) atoms. The first-order valence-electron chi connectivity index (χ1n) is 21.8. The van der Waals surface area contributed by atoms with E-state index in [-0.39, 0.29) is 5.41 Å². The van der Waals surface area contributed by atoms with Crippen LogP contribution < -0.4 is 4.90 Å². The summed E-state index contributed by atoms with van der Waals surface area (Å²) in [5.41, 5.74) is 19.5. The fourth-order valence-corrected chi connectivity index (χ4v) is 10.2. The van der Waals surface area contributed by atoms with Gasteiger partial charge < -0.3 is 9.32 Å². The molecule has 1 aliphatic rings. The molecule has 0 saturated carbocycles. The molecule has 1 heterocycles. The van der Waals surface area contributed by atoms with Crippen molar-refractivity contribution in [2.45, 2.75) is 19.3 Å². The van der Waals surface area contributed by atoms with E-state index in [4.69, 9.17) is 4.42 Å². The van der Waals surface area contributed by atoms with Crippen LogP contribution in [0.4, 0.5) is 17.1 Å². The predicted molar refractivity (Wildman–Crippen MR) is 265 cm³/mol. The Labute approximate surface area is 368 Å². The summed E-state index contributed by atoms with van der Waals surface area (Å²) in [4.78, 5) is 2.50. The number of hydrogen-bond donors (Lipinski definition) is 0. The zero-order chi connectivity index (χ0) is 42.1. The molecular weight excluding hydrogens is 763 g/mol. The third-order valence-corrected chi connectivity index (χ3v) is 13.3. The van der Waals surface area contributed by atoms with Crippen LogP contribution in [0.1, 0.15) is 25.0 Å². The molecule has 0 spiro atoms. The zero-order valence-corrected chi connectivity index (χ0v) is 35.2. The maximum Gasteiger partial charge on any atom is 0.136 e. The fraction of sp³-hybridized carbons (Fsp3) is 0.0492. The van der Waals surface area contributed by atoms with Crippen molar-refractivity contribution in [1.82, 2.24) is 0 Å². The van der Waals surface area contributed by atoms with E-state index in [0.717, 1.165) is 61.3 Å². The van der Waals surface area contributed by atoms with Crippen molar-refractivity contribution in [2.75, 3.05) is 4.90 Å². The first kappa shape index (κ1) is 36.9. The number of hydrogen-bond acceptors (Lipinski definition) is 2. The Morgan fingerprint density at radius 3 is 1.79 bits per heavy atom. The second-order valence-corrected chi connectivity index (χ2v) is 17.2. The van der Waals surface area contributed by atoms with Gasteiger partial charge in [0.25, 0.3) is 0 Å². The maximum atomic E-state index is 6.54. The van der Waals surface area contributed by atoms with E-state index in [0.29, 0.717) is 0 Å². The number of para-hydroxylation sites is 1. The van der Waals surface area contributed by atoms with Gasteiger partial charge in [0.15, 0.2) is 0 Å². The van der Waals surface area contributed by atoms with Crippen molar-refractivity contribution in [3.8, 4) is 55.6 Å². The quantitative estimate of drug-likeness (QED) is 0.160. The van der Waals surface area contributed by atoms with Gasteiger partial charge in [-0.25, -0.2) is 0 Å². The Balaban J connectivity index is 1.16. The molecule has 12 rings (SSSR count). The molecule has 0 unspecified atom stereocenters. The van der Waals surface area contributed by atoms with Gasteiger partial charge in [-0.1, -0.05) is 190 Å². The van der Waals surface area contributed by atoms with Gasteiger partial charge in [-0.05, 0) is 115 Å². The minimum absolute atomic E-state index is 0.169. The second-order valence-electron chi connectivity index (χ2n) is 17.2. The van der Waals surface area contributed by atoms with Crippen LogP contribution in [-0.4, -0.2) is 0 Å². The van der Waals surface area contributed by atoms with Crippen LogP contribution in [-0.2, 0) is 5.41 Å². The predicted octanol–water partition coefficient (Wildman–Crippen LogP) is 17.2. The minimum Gasteiger partial charge on any atom is -0.456 e. The van der Waals surface area contributed by atoms with Crippen molar-refractivity contribution in [3.05, 3.63) is 236 Å². The third-order valence-electron chi connectivity index (χ3n) is 13.3. The molecule has 0 bridgehead atoms. The summed E-state index contributed by atoms with van der Waals surface area (Å²) in [6.45, 7) is 4.73. The number of anilines is 3. The molecule has 0 amide bonds. The van der Waals surface area contributed by atoms with Crippen LogP contribution >= 0.6 is 0 Å². The Morgan fingerprint density at radius 1 is 0.333 bits per heavy atom. The number of furan rings is 1. The van der Waals surface area contributed by atoms with Gasteiger partial charge in [0, 0.05) is 32.8 Å². The van der Waals surface area contributed by atoms with Gasteiger partial charge in [0.2, 0.25) is 0 Å². The summed E-state index contributed by atoms with van der Waals surface area (Å²) in [7, 11) is 0. The van der Waals surface area contributed by atoms with Gasteiger partial charge in [0.1, 0.15) is 11.2 Å². The topological polar surface area (TPSA) is 16.4 Å². The van der Waals surface area contributed by atoms with E-state index in [2.05, 4.69) is 237 Å². The lowest BCUT2D eigenvalue weighted by molar-refractivity contribution is 0.660. The monoisotopic (exact) mass is 805 g/mol. The van der Waals surface area contributed by atoms with Crippen LogP contribution in [0.5, 0.6) is 0 Å². The fourth-order valence-electron chi connectivity index (χ4n) is 10.2. The van der Waals surface area contributed by atoms with Gasteiger partial charge in [-0.3, -0.25) is 0 Å². The first-order chi connectivity index (χ1) is 31.0. The smallest absolute Gasteiger partial charge is 0.136 e. The van der Waals surface area contributed by atoms with E-state index in [1.165, 1.54) is 55.3 Å². The molecule has 10 aromatic carbocycles. The Morgan fingerprint density at radius 2 is 0.952 bits per heavy atom. The largest absolute Gasteiger partial charge is 0.456 e. The molecule has 0 fully saturated rings. The molecular formula is C61H43NO. The number of nitrogens with zero attached hydrogens (tertiary/aromatic N) is 1. The molecule has 0 aliphatic heterocycles. The number of rotatable bonds is 7. The van der Waals surface area contributed by atoms with Gasteiger partial charge in [-0.2, -0.15) is 0 Å². The average Bonchev–Trinajstić information content (AvgIpc) is 3.83. The Hall–Kier alpha value is -7.94. The van der Waals surface area contributed by atoms with E-state index >= 15 is 0 Å². The van der Waals surface area contributed by atoms with Crippen molar-refractivity contribution in [2.24, 2.45) is 0 Å². The van der Waals surface area contributed by atoms with Crippen LogP contribution in [0.25, 0.3) is 88.3 Å². The highest BCUT2D eigenvalue weighted by Crippen LogP contribution is 2.53. The van der Waals surface area contributed by atoms with Gasteiger partial charge in [-0.15, -0.1) is 0 Å². The summed E-state index contributed by atoms with van der Waals surface area (Å²) in [5, 5.41) is 4.63. The van der Waals surface area contributed by atoms with E-state index in [1.54, 1.807) is 0 Å². The van der Waals surface area contributed by atoms with Crippen LogP contribution in [0, 0.1) is 0 Å². The van der Waals surface area contributed by atoms with Crippen molar-refractivity contribution >= 4 is 49.8 Å². The lowest BCUT2D eigenvalue weighted by atomic mass is 9.81. The van der Waals surface area contributed by atoms with Gasteiger partial charge >= 0.3 is 0 Å². The molecule has 0 saturated heterocycles. The molecule has 11 aromatic rings. The van der Waals surface area contributed by atoms with E-state index < -0.39 is 0 Å². The van der Waals surface area contributed by atoms with Crippen molar-refractivity contribution < 1.29 is 4.42 Å². The standard InChI is InChI=1S/C61H43NO/c1-61(2)54-28-13-11-24-49(54)50-33-32-44(38-55(50)61)60-47(43-31-34-53-52-26-12-14-30-58(52)63-59(53)39-43)27-16-29-57(60)62(45-22-15-21-42(37-45)40-17-5-3-6-18-40)56-36-35-46(41-19-7-4-8-20-41)48-23-9-10-25-51(48)56/h3-39H,1-2H3. The lowest BCUT2D eigenvalue weighted by Crippen LogP contribution is -2.15. The average molecular weight is 806 g/mol. The molecule has 2 heteroatoms. The number of benzene rings is 10. The molecule has 298 valence electrons. The highest BCUT2D eigenvalue weighted by atomic mass is 16.3. The summed E-state index contributed by atoms with van der Waals surface area (Å²) in [6, 6.07) is 81.8. The molecule has 1 aromatic heterocycles. The summed E-state index contributed by atoms with van der Waals surface area (Å²) >= 11 is 0. The van der Waals surface area contributed by atoms with E-state index in [9.17, 15) is 0 Å². The second kappa shape index (κ2) is 14.6. The van der Waals surface area contributed by atoms with Crippen LogP contribution in [0.2, 0.25) is 0 Å². The molecule has 0 radical (unpaired) electrons. The van der Waals surface area contributed by atoms with Crippen LogP contribution in [0.3, 0.4) is 0 Å².